The average molecular weight is 211 g/mol. The van der Waals surface area contributed by atoms with E-state index >= 15 is 0 Å². The predicted molar refractivity (Wildman–Crippen MR) is 60.6 cm³/mol. The topological polar surface area (TPSA) is 43.1 Å². The molecule has 14 heavy (non-hydrogen) atoms. The molecule has 0 aliphatic carbocycles. The Morgan fingerprint density at radius 3 is 2.64 bits per heavy atom. The van der Waals surface area contributed by atoms with E-state index in [-0.39, 0.29) is 6.04 Å². The average Bonchev–Trinajstić information content (AvgIpc) is 2.27. The zero-order valence-corrected chi connectivity index (χ0v) is 9.51. The van der Waals surface area contributed by atoms with Gasteiger partial charge in [-0.1, -0.05) is 32.0 Å². The zero-order valence-electron chi connectivity index (χ0n) is 8.69. The fraction of sp³-hybridized carbons (Fsp3) is 0.455. The molecule has 0 fully saturated rings. The Kier molecular flexibility index (Phi) is 4.29. The summed E-state index contributed by atoms with van der Waals surface area (Å²) in [6, 6.07) is 7.82. The summed E-state index contributed by atoms with van der Waals surface area (Å²) in [5, 5.41) is 0. The van der Waals surface area contributed by atoms with Crippen molar-refractivity contribution < 1.29 is 4.21 Å². The lowest BCUT2D eigenvalue weighted by Crippen LogP contribution is -2.21. The molecule has 2 rings (SSSR count). The van der Waals surface area contributed by atoms with Gasteiger partial charge in [-0.05, 0) is 18.1 Å². The summed E-state index contributed by atoms with van der Waals surface area (Å²) in [4.78, 5) is 0.927. The summed E-state index contributed by atoms with van der Waals surface area (Å²) in [6.45, 7) is 4.00. The lowest BCUT2D eigenvalue weighted by Gasteiger charge is -2.20. The summed E-state index contributed by atoms with van der Waals surface area (Å²) in [5.41, 5.74) is 6.93. The summed E-state index contributed by atoms with van der Waals surface area (Å²) >= 11 is 0. The van der Waals surface area contributed by atoms with Gasteiger partial charge in [0.05, 0.1) is 10.8 Å². The minimum atomic E-state index is -0.816. The molecule has 0 saturated carbocycles. The molecule has 0 radical (unpaired) electrons. The van der Waals surface area contributed by atoms with Crippen molar-refractivity contribution in [3.63, 3.8) is 0 Å². The molecule has 2 nitrogen and oxygen atoms in total. The quantitative estimate of drug-likeness (QED) is 0.715. The lowest BCUT2D eigenvalue weighted by atomic mass is 10.1. The van der Waals surface area contributed by atoms with Crippen molar-refractivity contribution in [2.24, 2.45) is 5.73 Å². The maximum atomic E-state index is 11.5. The van der Waals surface area contributed by atoms with Crippen LogP contribution in [0.15, 0.2) is 29.2 Å². The Balaban J connectivity index is 0.000000461. The van der Waals surface area contributed by atoms with Crippen LogP contribution in [0.2, 0.25) is 0 Å². The standard InChI is InChI=1S/C9H11NOS.C2H6/c10-8-5-6-12(11)9-4-2-1-3-7(8)9;1-2/h1-4,8H,5-6,10H2;1-2H3. The van der Waals surface area contributed by atoms with Gasteiger partial charge in [0.25, 0.3) is 0 Å². The van der Waals surface area contributed by atoms with E-state index in [2.05, 4.69) is 0 Å². The number of fused-ring (bicyclic) bond motifs is 1. The maximum absolute atomic E-state index is 11.5. The Bertz CT molecular complexity index is 325. The molecule has 0 bridgehead atoms. The molecule has 2 unspecified atom stereocenters. The lowest BCUT2D eigenvalue weighted by molar-refractivity contribution is 0.637. The van der Waals surface area contributed by atoms with Crippen LogP contribution in [-0.2, 0) is 10.8 Å². The van der Waals surface area contributed by atoms with Crippen molar-refractivity contribution in [3.05, 3.63) is 29.8 Å². The van der Waals surface area contributed by atoms with Crippen molar-refractivity contribution >= 4 is 10.8 Å². The number of nitrogens with two attached hydrogens (primary N) is 1. The predicted octanol–water partition coefficient (Wildman–Crippen LogP) is 2.22. The SMILES string of the molecule is CC.NC1CCS(=O)c2ccccc21. The molecule has 0 amide bonds. The van der Waals surface area contributed by atoms with E-state index < -0.39 is 10.8 Å². The third kappa shape index (κ3) is 2.22. The van der Waals surface area contributed by atoms with Crippen molar-refractivity contribution in [2.75, 3.05) is 5.75 Å². The van der Waals surface area contributed by atoms with Crippen LogP contribution in [0.4, 0.5) is 0 Å². The van der Waals surface area contributed by atoms with E-state index in [0.717, 1.165) is 16.9 Å². The second-order valence-corrected chi connectivity index (χ2v) is 4.52. The van der Waals surface area contributed by atoms with Gasteiger partial charge < -0.3 is 5.73 Å². The second kappa shape index (κ2) is 5.27. The van der Waals surface area contributed by atoms with E-state index in [9.17, 15) is 4.21 Å². The molecule has 1 aliphatic heterocycles. The van der Waals surface area contributed by atoms with E-state index in [1.54, 1.807) is 0 Å². The summed E-state index contributed by atoms with van der Waals surface area (Å²) in [6.07, 6.45) is 0.837. The van der Waals surface area contributed by atoms with Crippen LogP contribution in [0, 0.1) is 0 Å². The number of benzene rings is 1. The van der Waals surface area contributed by atoms with Crippen LogP contribution >= 0.6 is 0 Å². The minimum Gasteiger partial charge on any atom is -0.324 e. The first-order chi connectivity index (χ1) is 6.79. The van der Waals surface area contributed by atoms with Crippen LogP contribution in [-0.4, -0.2) is 9.96 Å². The Labute approximate surface area is 88.0 Å². The first kappa shape index (κ1) is 11.4. The van der Waals surface area contributed by atoms with Gasteiger partial charge in [-0.15, -0.1) is 0 Å². The maximum Gasteiger partial charge on any atom is 0.0533 e. The van der Waals surface area contributed by atoms with Crippen LogP contribution in [0.1, 0.15) is 31.9 Å². The highest BCUT2D eigenvalue weighted by atomic mass is 32.2. The van der Waals surface area contributed by atoms with E-state index in [4.69, 9.17) is 5.73 Å². The Morgan fingerprint density at radius 1 is 1.36 bits per heavy atom. The fourth-order valence-electron chi connectivity index (χ4n) is 1.49. The third-order valence-corrected chi connectivity index (χ3v) is 3.65. The highest BCUT2D eigenvalue weighted by molar-refractivity contribution is 7.85. The van der Waals surface area contributed by atoms with Crippen LogP contribution in [0.25, 0.3) is 0 Å². The van der Waals surface area contributed by atoms with E-state index in [0.29, 0.717) is 5.75 Å². The highest BCUT2D eigenvalue weighted by Crippen LogP contribution is 2.27. The van der Waals surface area contributed by atoms with Crippen LogP contribution in [0.5, 0.6) is 0 Å². The number of hydrogen-bond donors (Lipinski definition) is 1. The molecule has 3 heteroatoms. The van der Waals surface area contributed by atoms with E-state index in [1.165, 1.54) is 0 Å². The molecule has 1 aromatic rings. The Morgan fingerprint density at radius 2 is 2.00 bits per heavy atom. The van der Waals surface area contributed by atoms with Crippen molar-refractivity contribution in [1.29, 1.82) is 0 Å². The zero-order chi connectivity index (χ0) is 10.6. The fourth-order valence-corrected chi connectivity index (χ4v) is 2.89. The van der Waals surface area contributed by atoms with Gasteiger partial charge in [0.15, 0.2) is 0 Å². The van der Waals surface area contributed by atoms with Gasteiger partial charge in [0.2, 0.25) is 0 Å². The first-order valence-electron chi connectivity index (χ1n) is 5.02. The molecule has 1 aliphatic rings. The van der Waals surface area contributed by atoms with Gasteiger partial charge in [-0.3, -0.25) is 4.21 Å². The number of hydrogen-bond acceptors (Lipinski definition) is 2. The molecule has 2 atom stereocenters. The summed E-state index contributed by atoms with van der Waals surface area (Å²) < 4.78 is 11.5. The van der Waals surface area contributed by atoms with Crippen LogP contribution < -0.4 is 5.73 Å². The Hall–Kier alpha value is -0.670. The van der Waals surface area contributed by atoms with E-state index in [1.807, 2.05) is 38.1 Å². The van der Waals surface area contributed by atoms with Crippen LogP contribution in [0.3, 0.4) is 0 Å². The minimum absolute atomic E-state index is 0.0823. The summed E-state index contributed by atoms with van der Waals surface area (Å²) in [5.74, 6) is 0.707. The molecule has 0 spiro atoms. The molecule has 0 aromatic heterocycles. The second-order valence-electron chi connectivity index (χ2n) is 2.98. The molecule has 1 aromatic carbocycles. The third-order valence-electron chi connectivity index (χ3n) is 2.18. The molecule has 78 valence electrons. The molecule has 2 N–H and O–H groups in total. The first-order valence-corrected chi connectivity index (χ1v) is 6.34. The molecular formula is C11H17NOS. The van der Waals surface area contributed by atoms with Gasteiger partial charge in [-0.25, -0.2) is 0 Å². The normalized spacial score (nSPS) is 24.5. The molecule has 1 heterocycles. The summed E-state index contributed by atoms with van der Waals surface area (Å²) in [7, 11) is -0.816. The van der Waals surface area contributed by atoms with Crippen molar-refractivity contribution in [2.45, 2.75) is 31.2 Å². The smallest absolute Gasteiger partial charge is 0.0533 e. The van der Waals surface area contributed by atoms with Gasteiger partial charge in [-0.2, -0.15) is 0 Å². The largest absolute Gasteiger partial charge is 0.324 e. The van der Waals surface area contributed by atoms with Gasteiger partial charge in [0, 0.05) is 16.7 Å². The highest BCUT2D eigenvalue weighted by Gasteiger charge is 2.20. The molecular weight excluding hydrogens is 194 g/mol. The van der Waals surface area contributed by atoms with Gasteiger partial charge >= 0.3 is 0 Å². The van der Waals surface area contributed by atoms with Crippen molar-refractivity contribution in [3.8, 4) is 0 Å². The van der Waals surface area contributed by atoms with Crippen molar-refractivity contribution in [1.82, 2.24) is 0 Å². The van der Waals surface area contributed by atoms with Gasteiger partial charge in [0.1, 0.15) is 0 Å². The monoisotopic (exact) mass is 211 g/mol. The number of rotatable bonds is 0. The molecule has 0 saturated heterocycles.